The molecule has 1 aliphatic heterocycles. The predicted octanol–water partition coefficient (Wildman–Crippen LogP) is 3.60. The maximum atomic E-state index is 4.49. The normalized spacial score (nSPS) is 29.2. The molecule has 2 rings (SSSR count). The molecule has 0 amide bonds. The van der Waals surface area contributed by atoms with Gasteiger partial charge in [0.25, 0.3) is 0 Å². The maximum Gasteiger partial charge on any atom is 0.0420 e. The molecule has 0 saturated carbocycles. The van der Waals surface area contributed by atoms with Crippen molar-refractivity contribution < 1.29 is 0 Å². The van der Waals surface area contributed by atoms with Gasteiger partial charge in [-0.3, -0.25) is 4.98 Å². The monoisotopic (exact) mass is 360 g/mol. The number of likely N-dealkylation sites (N-methyl/N-ethyl adjacent to an activating group) is 1. The molecule has 1 aliphatic rings. The lowest BCUT2D eigenvalue weighted by Crippen LogP contribution is -2.43. The highest BCUT2D eigenvalue weighted by Gasteiger charge is 2.30. The number of hydrogen-bond acceptors (Lipinski definition) is 4. The van der Waals surface area contributed by atoms with Crippen LogP contribution >= 0.6 is 39.5 Å². The first-order valence-corrected chi connectivity index (χ1v) is 9.43. The Labute approximate surface area is 133 Å². The number of hydrogen-bond donors (Lipinski definition) is 1. The second-order valence-corrected chi connectivity index (χ2v) is 8.93. The molecule has 2 heterocycles. The van der Waals surface area contributed by atoms with E-state index in [0.29, 0.717) is 11.3 Å². The minimum Gasteiger partial charge on any atom is -0.315 e. The number of pyridine rings is 1. The molecule has 0 aromatic carbocycles. The van der Waals surface area contributed by atoms with Crippen LogP contribution in [0.3, 0.4) is 0 Å². The summed E-state index contributed by atoms with van der Waals surface area (Å²) in [6.45, 7) is 4.68. The van der Waals surface area contributed by atoms with Gasteiger partial charge >= 0.3 is 0 Å². The molecule has 0 radical (unpaired) electrons. The molecular weight excluding hydrogens is 340 g/mol. The highest BCUT2D eigenvalue weighted by atomic mass is 79.9. The van der Waals surface area contributed by atoms with Gasteiger partial charge in [-0.25, -0.2) is 0 Å². The molecule has 19 heavy (non-hydrogen) atoms. The zero-order chi connectivity index (χ0) is 13.8. The van der Waals surface area contributed by atoms with Crippen LogP contribution in [0.25, 0.3) is 0 Å². The van der Waals surface area contributed by atoms with Crippen molar-refractivity contribution in [1.82, 2.24) is 10.3 Å². The Hall–Kier alpha value is 0.290. The molecule has 4 atom stereocenters. The third-order valence-electron chi connectivity index (χ3n) is 3.61. The Morgan fingerprint density at radius 3 is 2.79 bits per heavy atom. The lowest BCUT2D eigenvalue weighted by Gasteiger charge is -2.35. The Balaban J connectivity index is 1.98. The Bertz CT molecular complexity index is 399. The number of nitrogens with zero attached hydrogens (tertiary/aromatic N) is 1. The Morgan fingerprint density at radius 2 is 2.21 bits per heavy atom. The summed E-state index contributed by atoms with van der Waals surface area (Å²) in [6.07, 6.45) is 2.89. The highest BCUT2D eigenvalue weighted by Crippen LogP contribution is 2.37. The summed E-state index contributed by atoms with van der Waals surface area (Å²) < 4.78 is 1.04. The molecule has 0 aliphatic carbocycles. The lowest BCUT2D eigenvalue weighted by molar-refractivity contribution is 0.548. The van der Waals surface area contributed by atoms with Crippen molar-refractivity contribution in [3.05, 3.63) is 28.5 Å². The fourth-order valence-electron chi connectivity index (χ4n) is 2.19. The van der Waals surface area contributed by atoms with Crippen molar-refractivity contribution in [3.8, 4) is 0 Å². The fourth-order valence-corrected chi connectivity index (χ4v) is 5.59. The van der Waals surface area contributed by atoms with E-state index in [1.807, 2.05) is 6.20 Å². The van der Waals surface area contributed by atoms with E-state index in [4.69, 9.17) is 0 Å². The van der Waals surface area contributed by atoms with Crippen molar-refractivity contribution in [3.63, 3.8) is 0 Å². The number of nitrogens with one attached hydrogen (secondary N) is 1. The molecule has 2 nitrogen and oxygen atoms in total. The average molecular weight is 361 g/mol. The molecule has 106 valence electrons. The standard InChI is InChI=1S/C14H21BrN2S2/c1-9-10(2)19-14(8-18-9)13(16-3)6-12-5-4-11(15)7-17-12/h4-5,7,9-10,13-14,16H,6,8H2,1-3H3. The number of rotatable bonds is 4. The zero-order valence-electron chi connectivity index (χ0n) is 11.6. The minimum atomic E-state index is 0.501. The first-order valence-electron chi connectivity index (χ1n) is 6.65. The van der Waals surface area contributed by atoms with Gasteiger partial charge in [-0.2, -0.15) is 23.5 Å². The summed E-state index contributed by atoms with van der Waals surface area (Å²) >= 11 is 7.67. The largest absolute Gasteiger partial charge is 0.315 e. The predicted molar refractivity (Wildman–Crippen MR) is 91.2 cm³/mol. The van der Waals surface area contributed by atoms with E-state index in [-0.39, 0.29) is 0 Å². The van der Waals surface area contributed by atoms with Gasteiger partial charge in [-0.1, -0.05) is 13.8 Å². The van der Waals surface area contributed by atoms with Crippen LogP contribution in [0, 0.1) is 0 Å². The van der Waals surface area contributed by atoms with E-state index in [0.717, 1.165) is 21.4 Å². The molecule has 4 unspecified atom stereocenters. The third kappa shape index (κ3) is 4.38. The molecular formula is C14H21BrN2S2. The van der Waals surface area contributed by atoms with Crippen molar-refractivity contribution in [2.24, 2.45) is 0 Å². The van der Waals surface area contributed by atoms with E-state index in [2.05, 4.69) is 82.8 Å². The number of thioether (sulfide) groups is 2. The molecule has 1 aromatic heterocycles. The molecule has 0 bridgehead atoms. The molecule has 1 fully saturated rings. The van der Waals surface area contributed by atoms with Gasteiger partial charge in [0.2, 0.25) is 0 Å². The molecule has 1 saturated heterocycles. The van der Waals surface area contributed by atoms with Gasteiger partial charge in [-0.15, -0.1) is 0 Å². The van der Waals surface area contributed by atoms with E-state index in [1.54, 1.807) is 0 Å². The van der Waals surface area contributed by atoms with Crippen LogP contribution in [-0.4, -0.2) is 39.6 Å². The first-order chi connectivity index (χ1) is 9.10. The van der Waals surface area contributed by atoms with Crippen LogP contribution in [-0.2, 0) is 6.42 Å². The van der Waals surface area contributed by atoms with Crippen molar-refractivity contribution in [1.29, 1.82) is 0 Å². The number of halogens is 1. The van der Waals surface area contributed by atoms with Crippen LogP contribution in [0.15, 0.2) is 22.8 Å². The van der Waals surface area contributed by atoms with Crippen LogP contribution in [0.5, 0.6) is 0 Å². The summed E-state index contributed by atoms with van der Waals surface area (Å²) in [5.74, 6) is 1.23. The van der Waals surface area contributed by atoms with Crippen LogP contribution in [0.4, 0.5) is 0 Å². The Morgan fingerprint density at radius 1 is 1.42 bits per heavy atom. The number of aromatic nitrogens is 1. The summed E-state index contributed by atoms with van der Waals surface area (Å²) in [4.78, 5) is 4.49. The summed E-state index contributed by atoms with van der Waals surface area (Å²) in [5, 5.41) is 5.66. The molecule has 1 N–H and O–H groups in total. The second kappa shape index (κ2) is 7.34. The van der Waals surface area contributed by atoms with E-state index in [9.17, 15) is 0 Å². The summed E-state index contributed by atoms with van der Waals surface area (Å²) in [5.41, 5.74) is 1.17. The van der Waals surface area contributed by atoms with Crippen molar-refractivity contribution in [2.75, 3.05) is 12.8 Å². The fraction of sp³-hybridized carbons (Fsp3) is 0.643. The summed E-state index contributed by atoms with van der Waals surface area (Å²) in [7, 11) is 2.07. The topological polar surface area (TPSA) is 24.9 Å². The van der Waals surface area contributed by atoms with Crippen LogP contribution in [0.2, 0.25) is 0 Å². The van der Waals surface area contributed by atoms with E-state index in [1.165, 1.54) is 11.4 Å². The highest BCUT2D eigenvalue weighted by molar-refractivity contribution is 9.10. The van der Waals surface area contributed by atoms with Gasteiger partial charge in [0.05, 0.1) is 0 Å². The molecule has 1 aromatic rings. The van der Waals surface area contributed by atoms with Crippen molar-refractivity contribution >= 4 is 39.5 Å². The quantitative estimate of drug-likeness (QED) is 0.886. The Kier molecular flexibility index (Phi) is 6.06. The van der Waals surface area contributed by atoms with Gasteiger partial charge in [-0.05, 0) is 35.1 Å². The van der Waals surface area contributed by atoms with E-state index < -0.39 is 0 Å². The second-order valence-electron chi connectivity index (χ2n) is 4.99. The molecule has 0 spiro atoms. The lowest BCUT2D eigenvalue weighted by atomic mass is 10.1. The van der Waals surface area contributed by atoms with Gasteiger partial charge < -0.3 is 5.32 Å². The minimum absolute atomic E-state index is 0.501. The first kappa shape index (κ1) is 15.7. The van der Waals surface area contributed by atoms with Crippen LogP contribution < -0.4 is 5.32 Å². The third-order valence-corrected chi connectivity index (χ3v) is 7.63. The maximum absolute atomic E-state index is 4.49. The molecule has 5 heteroatoms. The SMILES string of the molecule is CNC(Cc1ccc(Br)cn1)C1CSC(C)C(C)S1. The average Bonchev–Trinajstić information content (AvgIpc) is 2.41. The van der Waals surface area contributed by atoms with Gasteiger partial charge in [0, 0.05) is 50.3 Å². The van der Waals surface area contributed by atoms with E-state index >= 15 is 0 Å². The van der Waals surface area contributed by atoms with Gasteiger partial charge in [0.15, 0.2) is 0 Å². The van der Waals surface area contributed by atoms with Crippen LogP contribution in [0.1, 0.15) is 19.5 Å². The zero-order valence-corrected chi connectivity index (χ0v) is 14.8. The summed E-state index contributed by atoms with van der Waals surface area (Å²) in [6, 6.07) is 4.69. The smallest absolute Gasteiger partial charge is 0.0420 e. The van der Waals surface area contributed by atoms with Gasteiger partial charge in [0.1, 0.15) is 0 Å². The van der Waals surface area contributed by atoms with Crippen molar-refractivity contribution in [2.45, 2.75) is 42.1 Å².